The number of halogens is 2. The fourth-order valence-electron chi connectivity index (χ4n) is 3.55. The highest BCUT2D eigenvalue weighted by Gasteiger charge is 2.20. The number of hydrogen-bond acceptors (Lipinski definition) is 4. The number of anilines is 1. The van der Waals surface area contributed by atoms with Gasteiger partial charge in [-0.3, -0.25) is 0 Å². The Bertz CT molecular complexity index is 635. The van der Waals surface area contributed by atoms with E-state index in [1.807, 2.05) is 28.8 Å². The van der Waals surface area contributed by atoms with Crippen molar-refractivity contribution in [2.75, 3.05) is 36.0 Å². The number of aliphatic imine (C=N–C) groups is 1. The van der Waals surface area contributed by atoms with Gasteiger partial charge in [-0.15, -0.1) is 24.0 Å². The molecule has 3 N–H and O–H groups in total. The molecule has 0 saturated carbocycles. The van der Waals surface area contributed by atoms with Crippen LogP contribution in [0.5, 0.6) is 0 Å². The van der Waals surface area contributed by atoms with Gasteiger partial charge in [0.05, 0.1) is 18.3 Å². The topological polar surface area (TPSA) is 59.9 Å². The van der Waals surface area contributed by atoms with E-state index in [4.69, 9.17) is 0 Å². The Morgan fingerprint density at radius 2 is 2.11 bits per heavy atom. The van der Waals surface area contributed by atoms with Crippen molar-refractivity contribution in [3.05, 3.63) is 29.6 Å². The molecule has 2 fully saturated rings. The van der Waals surface area contributed by atoms with Crippen LogP contribution in [0.1, 0.15) is 38.2 Å². The molecule has 0 aromatic heterocycles. The summed E-state index contributed by atoms with van der Waals surface area (Å²) < 4.78 is 14.6. The Labute approximate surface area is 189 Å². The summed E-state index contributed by atoms with van der Waals surface area (Å²) in [5.74, 6) is 2.95. The van der Waals surface area contributed by atoms with Gasteiger partial charge >= 0.3 is 0 Å². The molecule has 1 atom stereocenters. The molecule has 0 bridgehead atoms. The molecule has 2 aliphatic rings. The van der Waals surface area contributed by atoms with Crippen LogP contribution in [-0.2, 0) is 6.54 Å². The first-order chi connectivity index (χ1) is 13.2. The van der Waals surface area contributed by atoms with Gasteiger partial charge < -0.3 is 20.6 Å². The van der Waals surface area contributed by atoms with Crippen LogP contribution < -0.4 is 15.5 Å². The third-order valence-corrected chi connectivity index (χ3v) is 6.30. The van der Waals surface area contributed by atoms with Gasteiger partial charge in [-0.1, -0.05) is 6.07 Å². The molecule has 0 spiro atoms. The monoisotopic (exact) mass is 522 g/mol. The number of thioether (sulfide) groups is 1. The molecule has 2 aliphatic heterocycles. The third kappa shape index (κ3) is 6.95. The lowest BCUT2D eigenvalue weighted by molar-refractivity contribution is 0.145. The highest BCUT2D eigenvalue weighted by Crippen LogP contribution is 2.24. The largest absolute Gasteiger partial charge is 0.393 e. The zero-order valence-corrected chi connectivity index (χ0v) is 19.6. The van der Waals surface area contributed by atoms with Crippen molar-refractivity contribution in [1.82, 2.24) is 10.6 Å². The molecule has 2 heterocycles. The summed E-state index contributed by atoms with van der Waals surface area (Å²) >= 11 is 1.98. The van der Waals surface area contributed by atoms with Crippen LogP contribution in [0.15, 0.2) is 23.2 Å². The second-order valence-electron chi connectivity index (χ2n) is 7.26. The molecular formula is C20H32FIN4OS. The number of piperidine rings is 1. The molecular weight excluding hydrogens is 490 g/mol. The second kappa shape index (κ2) is 12.1. The fraction of sp³-hybridized carbons (Fsp3) is 0.650. The summed E-state index contributed by atoms with van der Waals surface area (Å²) in [4.78, 5) is 6.66. The maximum absolute atomic E-state index is 14.6. The Balaban J connectivity index is 0.00000280. The van der Waals surface area contributed by atoms with Crippen LogP contribution in [-0.4, -0.2) is 54.4 Å². The van der Waals surface area contributed by atoms with Gasteiger partial charge in [-0.2, -0.15) is 11.8 Å². The summed E-state index contributed by atoms with van der Waals surface area (Å²) in [7, 11) is 0. The van der Waals surface area contributed by atoms with E-state index < -0.39 is 0 Å². The van der Waals surface area contributed by atoms with E-state index in [2.05, 4.69) is 22.5 Å². The quantitative estimate of drug-likeness (QED) is 0.315. The normalized spacial score (nSPS) is 21.2. The lowest BCUT2D eigenvalue weighted by Crippen LogP contribution is -2.45. The third-order valence-electron chi connectivity index (χ3n) is 5.08. The zero-order valence-electron chi connectivity index (χ0n) is 16.5. The van der Waals surface area contributed by atoms with Crippen molar-refractivity contribution in [3.63, 3.8) is 0 Å². The molecule has 0 amide bonds. The van der Waals surface area contributed by atoms with Crippen molar-refractivity contribution in [1.29, 1.82) is 0 Å². The summed E-state index contributed by atoms with van der Waals surface area (Å²) in [6.07, 6.45) is 3.55. The predicted molar refractivity (Wildman–Crippen MR) is 128 cm³/mol. The van der Waals surface area contributed by atoms with Crippen molar-refractivity contribution in [2.24, 2.45) is 4.99 Å². The van der Waals surface area contributed by atoms with Crippen LogP contribution in [0.3, 0.4) is 0 Å². The molecule has 0 aliphatic carbocycles. The minimum Gasteiger partial charge on any atom is -0.393 e. The first kappa shape index (κ1) is 23.5. The van der Waals surface area contributed by atoms with Gasteiger partial charge in [0.25, 0.3) is 0 Å². The molecule has 1 aromatic carbocycles. The maximum atomic E-state index is 14.6. The SMILES string of the molecule is CCNC(=NCc1ccc(N2CCC(O)CC2)c(F)c1)NC1CCCSC1.I. The number of rotatable bonds is 5. The Morgan fingerprint density at radius 3 is 2.75 bits per heavy atom. The summed E-state index contributed by atoms with van der Waals surface area (Å²) in [5.41, 5.74) is 1.49. The minimum absolute atomic E-state index is 0. The Morgan fingerprint density at radius 1 is 1.32 bits per heavy atom. The minimum atomic E-state index is -0.252. The lowest BCUT2D eigenvalue weighted by atomic mass is 10.1. The first-order valence-electron chi connectivity index (χ1n) is 9.99. The highest BCUT2D eigenvalue weighted by atomic mass is 127. The van der Waals surface area contributed by atoms with E-state index in [9.17, 15) is 9.50 Å². The van der Waals surface area contributed by atoms with Crippen LogP contribution in [0, 0.1) is 5.82 Å². The van der Waals surface area contributed by atoms with Crippen LogP contribution >= 0.6 is 35.7 Å². The smallest absolute Gasteiger partial charge is 0.191 e. The van der Waals surface area contributed by atoms with E-state index in [1.165, 1.54) is 18.6 Å². The van der Waals surface area contributed by atoms with Crippen molar-refractivity contribution >= 4 is 47.4 Å². The van der Waals surface area contributed by atoms with Crippen LogP contribution in [0.4, 0.5) is 10.1 Å². The molecule has 8 heteroatoms. The van der Waals surface area contributed by atoms with E-state index in [1.54, 1.807) is 6.07 Å². The highest BCUT2D eigenvalue weighted by molar-refractivity contribution is 14.0. The van der Waals surface area contributed by atoms with Crippen LogP contribution in [0.25, 0.3) is 0 Å². The molecule has 28 heavy (non-hydrogen) atoms. The van der Waals surface area contributed by atoms with E-state index in [-0.39, 0.29) is 35.9 Å². The molecule has 1 aromatic rings. The van der Waals surface area contributed by atoms with Gasteiger partial charge in [0.1, 0.15) is 5.82 Å². The van der Waals surface area contributed by atoms with Gasteiger partial charge in [-0.25, -0.2) is 9.38 Å². The number of aliphatic hydroxyl groups is 1. The van der Waals surface area contributed by atoms with E-state index in [0.29, 0.717) is 44.2 Å². The van der Waals surface area contributed by atoms with Gasteiger partial charge in [0, 0.05) is 31.4 Å². The number of hydrogen-bond donors (Lipinski definition) is 3. The summed E-state index contributed by atoms with van der Waals surface area (Å²) in [5, 5.41) is 16.4. The van der Waals surface area contributed by atoms with Crippen molar-refractivity contribution in [2.45, 2.75) is 51.3 Å². The standard InChI is InChI=1S/C20H31FN4OS.HI/c1-2-22-20(24-16-4-3-11-27-14-16)23-13-15-5-6-19(18(21)12-15)25-9-7-17(26)8-10-25;/h5-6,12,16-17,26H,2-4,7-11,13-14H2,1H3,(H2,22,23,24);1H. The number of benzene rings is 1. The van der Waals surface area contributed by atoms with E-state index in [0.717, 1.165) is 23.8 Å². The number of aliphatic hydroxyl groups excluding tert-OH is 1. The molecule has 158 valence electrons. The summed E-state index contributed by atoms with van der Waals surface area (Å²) in [6, 6.07) is 5.84. The van der Waals surface area contributed by atoms with Crippen LogP contribution in [0.2, 0.25) is 0 Å². The van der Waals surface area contributed by atoms with Gasteiger partial charge in [0.15, 0.2) is 5.96 Å². The maximum Gasteiger partial charge on any atom is 0.191 e. The van der Waals surface area contributed by atoms with Gasteiger partial charge in [0.2, 0.25) is 0 Å². The molecule has 2 saturated heterocycles. The van der Waals surface area contributed by atoms with Crippen molar-refractivity contribution < 1.29 is 9.50 Å². The zero-order chi connectivity index (χ0) is 19.1. The summed E-state index contributed by atoms with van der Waals surface area (Å²) in [6.45, 7) is 4.70. The lowest BCUT2D eigenvalue weighted by Gasteiger charge is -2.31. The number of nitrogens with one attached hydrogen (secondary N) is 2. The molecule has 1 unspecified atom stereocenters. The van der Waals surface area contributed by atoms with Crippen molar-refractivity contribution in [3.8, 4) is 0 Å². The Hall–Kier alpha value is -0.740. The molecule has 3 rings (SSSR count). The van der Waals surface area contributed by atoms with Gasteiger partial charge in [-0.05, 0) is 56.1 Å². The number of nitrogens with zero attached hydrogens (tertiary/aromatic N) is 2. The number of guanidine groups is 1. The first-order valence-corrected chi connectivity index (χ1v) is 11.1. The molecule has 0 radical (unpaired) electrons. The average molecular weight is 522 g/mol. The Kier molecular flexibility index (Phi) is 10.1. The predicted octanol–water partition coefficient (Wildman–Crippen LogP) is 3.36. The fourth-order valence-corrected chi connectivity index (χ4v) is 4.62. The average Bonchev–Trinajstić information content (AvgIpc) is 2.68. The molecule has 5 nitrogen and oxygen atoms in total. The van der Waals surface area contributed by atoms with E-state index >= 15 is 0 Å². The second-order valence-corrected chi connectivity index (χ2v) is 8.41.